The summed E-state index contributed by atoms with van der Waals surface area (Å²) in [6, 6.07) is 0.552. The zero-order chi connectivity index (χ0) is 12.0. The lowest BCUT2D eigenvalue weighted by Crippen LogP contribution is -2.43. The van der Waals surface area contributed by atoms with Crippen LogP contribution in [0.3, 0.4) is 0 Å². The van der Waals surface area contributed by atoms with Gasteiger partial charge in [0.15, 0.2) is 0 Å². The highest BCUT2D eigenvalue weighted by Crippen LogP contribution is 2.25. The molecule has 1 saturated carbocycles. The molecule has 0 amide bonds. The van der Waals surface area contributed by atoms with E-state index in [0.717, 1.165) is 18.9 Å². The molecule has 16 heavy (non-hydrogen) atoms. The van der Waals surface area contributed by atoms with Crippen LogP contribution in [0.15, 0.2) is 0 Å². The Morgan fingerprint density at radius 3 is 2.31 bits per heavy atom. The Labute approximate surface area is 101 Å². The van der Waals surface area contributed by atoms with Crippen molar-refractivity contribution < 1.29 is 5.11 Å². The molecular formula is C14H29NO. The van der Waals surface area contributed by atoms with E-state index < -0.39 is 5.60 Å². The molecular weight excluding hydrogens is 198 g/mol. The van der Waals surface area contributed by atoms with Crippen molar-refractivity contribution in [1.29, 1.82) is 0 Å². The van der Waals surface area contributed by atoms with Crippen LogP contribution >= 0.6 is 0 Å². The van der Waals surface area contributed by atoms with Crippen LogP contribution in [0.4, 0.5) is 0 Å². The van der Waals surface area contributed by atoms with Crippen LogP contribution in [0.1, 0.15) is 65.7 Å². The molecule has 0 aliphatic heterocycles. The minimum absolute atomic E-state index is 0.543. The van der Waals surface area contributed by atoms with Crippen LogP contribution in [-0.4, -0.2) is 23.3 Å². The maximum absolute atomic E-state index is 9.96. The van der Waals surface area contributed by atoms with E-state index in [4.69, 9.17) is 0 Å². The monoisotopic (exact) mass is 227 g/mol. The van der Waals surface area contributed by atoms with Crippen LogP contribution in [-0.2, 0) is 0 Å². The number of rotatable bonds is 5. The predicted octanol–water partition coefficient (Wildman–Crippen LogP) is 3.10. The van der Waals surface area contributed by atoms with Gasteiger partial charge in [0, 0.05) is 12.6 Å². The summed E-state index contributed by atoms with van der Waals surface area (Å²) in [5.74, 6) is 0.815. The Hall–Kier alpha value is -0.0800. The fourth-order valence-electron chi connectivity index (χ4n) is 2.48. The smallest absolute Gasteiger partial charge is 0.0741 e. The van der Waals surface area contributed by atoms with Gasteiger partial charge < -0.3 is 10.4 Å². The lowest BCUT2D eigenvalue weighted by molar-refractivity contribution is 0.0507. The van der Waals surface area contributed by atoms with Gasteiger partial charge >= 0.3 is 0 Å². The first kappa shape index (κ1) is 14.0. The summed E-state index contributed by atoms with van der Waals surface area (Å²) in [4.78, 5) is 0. The van der Waals surface area contributed by atoms with Gasteiger partial charge in [0.1, 0.15) is 0 Å². The normalized spacial score (nSPS) is 24.8. The second-order valence-electron chi connectivity index (χ2n) is 5.77. The van der Waals surface area contributed by atoms with Crippen molar-refractivity contribution in [2.24, 2.45) is 5.92 Å². The Balaban J connectivity index is 2.30. The summed E-state index contributed by atoms with van der Waals surface area (Å²) in [5, 5.41) is 13.5. The fraction of sp³-hybridized carbons (Fsp3) is 1.00. The molecule has 0 radical (unpaired) electrons. The zero-order valence-electron chi connectivity index (χ0n) is 11.3. The first-order valence-electron chi connectivity index (χ1n) is 7.01. The summed E-state index contributed by atoms with van der Waals surface area (Å²) in [6.45, 7) is 6.96. The quantitative estimate of drug-likeness (QED) is 0.707. The largest absolute Gasteiger partial charge is 0.389 e. The molecule has 0 spiro atoms. The van der Waals surface area contributed by atoms with Crippen LogP contribution in [0.2, 0.25) is 0 Å². The van der Waals surface area contributed by atoms with Crippen molar-refractivity contribution >= 4 is 0 Å². The lowest BCUT2D eigenvalue weighted by atomic mass is 9.92. The molecule has 2 atom stereocenters. The summed E-state index contributed by atoms with van der Waals surface area (Å²) in [7, 11) is 0. The number of nitrogens with one attached hydrogen (secondary N) is 1. The molecule has 0 aromatic rings. The summed E-state index contributed by atoms with van der Waals surface area (Å²) >= 11 is 0. The average Bonchev–Trinajstić information content (AvgIpc) is 2.54. The number of aliphatic hydroxyl groups is 1. The van der Waals surface area contributed by atoms with Gasteiger partial charge in [0.2, 0.25) is 0 Å². The van der Waals surface area contributed by atoms with Crippen molar-refractivity contribution in [3.63, 3.8) is 0 Å². The van der Waals surface area contributed by atoms with Gasteiger partial charge in [-0.2, -0.15) is 0 Å². The highest BCUT2D eigenvalue weighted by molar-refractivity contribution is 4.80. The Morgan fingerprint density at radius 2 is 1.81 bits per heavy atom. The molecule has 2 heteroatoms. The second kappa shape index (κ2) is 6.61. The standard InChI is InChI=1S/C14H29NO/c1-4-14(3,16)11-15-12(2)13-9-7-5-6-8-10-13/h12-13,15-16H,4-11H2,1-3H3/t12-,14?/m0/s1. The molecule has 1 unspecified atom stereocenters. The number of hydrogen-bond acceptors (Lipinski definition) is 2. The third-order valence-electron chi connectivity index (χ3n) is 4.17. The Bertz CT molecular complexity index is 183. The van der Waals surface area contributed by atoms with Gasteiger partial charge in [0.05, 0.1) is 5.60 Å². The molecule has 1 aliphatic rings. The van der Waals surface area contributed by atoms with E-state index in [1.807, 2.05) is 13.8 Å². The maximum Gasteiger partial charge on any atom is 0.0741 e. The van der Waals surface area contributed by atoms with E-state index in [9.17, 15) is 5.11 Å². The summed E-state index contributed by atoms with van der Waals surface area (Å²) < 4.78 is 0. The van der Waals surface area contributed by atoms with Gasteiger partial charge in [0.25, 0.3) is 0 Å². The molecule has 2 N–H and O–H groups in total. The van der Waals surface area contributed by atoms with Crippen molar-refractivity contribution in [1.82, 2.24) is 5.32 Å². The van der Waals surface area contributed by atoms with Gasteiger partial charge in [-0.05, 0) is 39.0 Å². The van der Waals surface area contributed by atoms with Gasteiger partial charge in [-0.1, -0.05) is 32.6 Å². The SMILES string of the molecule is CCC(C)(O)CN[C@@H](C)C1CCCCCC1. The summed E-state index contributed by atoms with van der Waals surface area (Å²) in [5.41, 5.74) is -0.543. The van der Waals surface area contributed by atoms with Crippen LogP contribution in [0.5, 0.6) is 0 Å². The van der Waals surface area contributed by atoms with E-state index in [0.29, 0.717) is 6.04 Å². The Kier molecular flexibility index (Phi) is 5.77. The van der Waals surface area contributed by atoms with Crippen molar-refractivity contribution in [2.45, 2.75) is 77.4 Å². The third kappa shape index (κ3) is 4.84. The zero-order valence-corrected chi connectivity index (χ0v) is 11.3. The molecule has 96 valence electrons. The minimum Gasteiger partial charge on any atom is -0.389 e. The fourth-order valence-corrected chi connectivity index (χ4v) is 2.48. The Morgan fingerprint density at radius 1 is 1.25 bits per heavy atom. The minimum atomic E-state index is -0.543. The molecule has 0 aromatic carbocycles. The van der Waals surface area contributed by atoms with Gasteiger partial charge in [-0.25, -0.2) is 0 Å². The van der Waals surface area contributed by atoms with E-state index >= 15 is 0 Å². The predicted molar refractivity (Wildman–Crippen MR) is 69.6 cm³/mol. The van der Waals surface area contributed by atoms with E-state index in [2.05, 4.69) is 12.2 Å². The highest BCUT2D eigenvalue weighted by atomic mass is 16.3. The first-order chi connectivity index (χ1) is 7.55. The van der Waals surface area contributed by atoms with Crippen molar-refractivity contribution in [3.05, 3.63) is 0 Å². The average molecular weight is 227 g/mol. The van der Waals surface area contributed by atoms with Crippen LogP contribution in [0, 0.1) is 5.92 Å². The van der Waals surface area contributed by atoms with E-state index in [1.165, 1.54) is 38.5 Å². The van der Waals surface area contributed by atoms with E-state index in [-0.39, 0.29) is 0 Å². The first-order valence-corrected chi connectivity index (χ1v) is 7.01. The van der Waals surface area contributed by atoms with Crippen LogP contribution in [0.25, 0.3) is 0 Å². The molecule has 0 saturated heterocycles. The molecule has 1 fully saturated rings. The van der Waals surface area contributed by atoms with Crippen molar-refractivity contribution in [2.75, 3.05) is 6.54 Å². The highest BCUT2D eigenvalue weighted by Gasteiger charge is 2.22. The van der Waals surface area contributed by atoms with Crippen molar-refractivity contribution in [3.8, 4) is 0 Å². The summed E-state index contributed by atoms with van der Waals surface area (Å²) in [6.07, 6.45) is 9.15. The molecule has 2 nitrogen and oxygen atoms in total. The van der Waals surface area contributed by atoms with Gasteiger partial charge in [-0.3, -0.25) is 0 Å². The van der Waals surface area contributed by atoms with Crippen LogP contribution < -0.4 is 5.32 Å². The van der Waals surface area contributed by atoms with E-state index in [1.54, 1.807) is 0 Å². The molecule has 0 heterocycles. The molecule has 1 aliphatic carbocycles. The number of hydrogen-bond donors (Lipinski definition) is 2. The van der Waals surface area contributed by atoms with Gasteiger partial charge in [-0.15, -0.1) is 0 Å². The lowest BCUT2D eigenvalue weighted by Gasteiger charge is -2.28. The maximum atomic E-state index is 9.96. The third-order valence-corrected chi connectivity index (χ3v) is 4.17. The molecule has 0 aromatic heterocycles. The molecule has 0 bridgehead atoms. The second-order valence-corrected chi connectivity index (χ2v) is 5.77. The topological polar surface area (TPSA) is 32.3 Å². The molecule has 1 rings (SSSR count).